The minimum absolute atomic E-state index is 0.561. The lowest BCUT2D eigenvalue weighted by Gasteiger charge is -2.00. The number of benzene rings is 1. The Kier molecular flexibility index (Phi) is 4.81. The minimum atomic E-state index is 0.561. The summed E-state index contributed by atoms with van der Waals surface area (Å²) in [6.45, 7) is 4.34. The molecule has 0 aliphatic rings. The van der Waals surface area contributed by atoms with Crippen LogP contribution in [0.2, 0.25) is 5.02 Å². The molecule has 1 aromatic carbocycles. The van der Waals surface area contributed by atoms with Crippen LogP contribution in [0, 0.1) is 0 Å². The third-order valence-electron chi connectivity index (χ3n) is 2.93. The van der Waals surface area contributed by atoms with Crippen LogP contribution in [0.25, 0.3) is 17.1 Å². The lowest BCUT2D eigenvalue weighted by molar-refractivity contribution is 0.878. The standard InChI is InChI=1S/C15H15ClN4S2/c1-10(2)21-9-13-17-18-15-20(13)19-14(22-15)8-7-11-5-3-4-6-12(11)16/h3-8,10H,9H2,1-2H3. The van der Waals surface area contributed by atoms with Gasteiger partial charge in [-0.2, -0.15) is 21.4 Å². The molecule has 0 unspecified atom stereocenters. The maximum Gasteiger partial charge on any atom is 0.234 e. The highest BCUT2D eigenvalue weighted by Gasteiger charge is 2.11. The van der Waals surface area contributed by atoms with E-state index in [1.165, 1.54) is 11.3 Å². The Morgan fingerprint density at radius 3 is 2.86 bits per heavy atom. The molecule has 0 saturated heterocycles. The van der Waals surface area contributed by atoms with Crippen LogP contribution in [-0.2, 0) is 5.75 Å². The molecule has 22 heavy (non-hydrogen) atoms. The Hall–Kier alpha value is -1.37. The van der Waals surface area contributed by atoms with Crippen molar-refractivity contribution in [3.8, 4) is 0 Å². The first-order valence-electron chi connectivity index (χ1n) is 6.89. The van der Waals surface area contributed by atoms with E-state index in [1.807, 2.05) is 52.7 Å². The number of hydrogen-bond donors (Lipinski definition) is 0. The molecule has 4 nitrogen and oxygen atoms in total. The molecule has 0 fully saturated rings. The normalized spacial score (nSPS) is 12.0. The molecule has 0 aliphatic carbocycles. The summed E-state index contributed by atoms with van der Waals surface area (Å²) in [5, 5.41) is 15.1. The molecule has 0 bridgehead atoms. The molecule has 3 rings (SSSR count). The maximum absolute atomic E-state index is 6.15. The molecule has 114 valence electrons. The number of halogens is 1. The Labute approximate surface area is 142 Å². The Morgan fingerprint density at radius 2 is 2.09 bits per heavy atom. The molecule has 0 N–H and O–H groups in total. The lowest BCUT2D eigenvalue weighted by Crippen LogP contribution is -1.96. The summed E-state index contributed by atoms with van der Waals surface area (Å²) in [6, 6.07) is 7.73. The van der Waals surface area contributed by atoms with Crippen molar-refractivity contribution in [3.63, 3.8) is 0 Å². The van der Waals surface area contributed by atoms with Gasteiger partial charge in [-0.25, -0.2) is 0 Å². The van der Waals surface area contributed by atoms with Crippen molar-refractivity contribution < 1.29 is 0 Å². The Bertz CT molecular complexity index is 807. The van der Waals surface area contributed by atoms with Crippen molar-refractivity contribution >= 4 is 51.8 Å². The summed E-state index contributed by atoms with van der Waals surface area (Å²) >= 11 is 9.49. The van der Waals surface area contributed by atoms with Crippen LogP contribution >= 0.6 is 34.7 Å². The van der Waals surface area contributed by atoms with Crippen molar-refractivity contribution in [2.24, 2.45) is 0 Å². The molecule has 3 aromatic rings. The molecule has 0 spiro atoms. The van der Waals surface area contributed by atoms with E-state index in [0.29, 0.717) is 5.25 Å². The molecular formula is C15H15ClN4S2. The van der Waals surface area contributed by atoms with Gasteiger partial charge in [-0.3, -0.25) is 0 Å². The van der Waals surface area contributed by atoms with Crippen LogP contribution in [0.1, 0.15) is 30.2 Å². The molecule has 0 aliphatic heterocycles. The van der Waals surface area contributed by atoms with E-state index in [1.54, 1.807) is 0 Å². The zero-order valence-corrected chi connectivity index (χ0v) is 14.6. The Balaban J connectivity index is 1.82. The average molecular weight is 351 g/mol. The van der Waals surface area contributed by atoms with Gasteiger partial charge in [-0.1, -0.05) is 61.1 Å². The van der Waals surface area contributed by atoms with E-state index >= 15 is 0 Å². The third kappa shape index (κ3) is 3.51. The van der Waals surface area contributed by atoms with Gasteiger partial charge in [0.15, 0.2) is 5.82 Å². The topological polar surface area (TPSA) is 43.1 Å². The van der Waals surface area contributed by atoms with Gasteiger partial charge in [-0.05, 0) is 23.0 Å². The number of fused-ring (bicyclic) bond motifs is 1. The summed E-state index contributed by atoms with van der Waals surface area (Å²) in [7, 11) is 0. The number of rotatable bonds is 5. The predicted octanol–water partition coefficient (Wildman–Crippen LogP) is 4.65. The molecule has 0 atom stereocenters. The van der Waals surface area contributed by atoms with E-state index in [9.17, 15) is 0 Å². The van der Waals surface area contributed by atoms with E-state index in [4.69, 9.17) is 11.6 Å². The zero-order valence-electron chi connectivity index (χ0n) is 12.2. The number of thioether (sulfide) groups is 1. The fraction of sp³-hybridized carbons (Fsp3) is 0.267. The van der Waals surface area contributed by atoms with Crippen LogP contribution in [0.15, 0.2) is 24.3 Å². The first kappa shape index (κ1) is 15.5. The highest BCUT2D eigenvalue weighted by atomic mass is 35.5. The fourth-order valence-electron chi connectivity index (χ4n) is 1.84. The number of nitrogens with zero attached hydrogens (tertiary/aromatic N) is 4. The van der Waals surface area contributed by atoms with Crippen molar-refractivity contribution in [1.82, 2.24) is 19.8 Å². The first-order chi connectivity index (χ1) is 10.6. The minimum Gasteiger partial charge on any atom is -0.186 e. The maximum atomic E-state index is 6.15. The van der Waals surface area contributed by atoms with Crippen LogP contribution in [-0.4, -0.2) is 25.1 Å². The Morgan fingerprint density at radius 1 is 1.27 bits per heavy atom. The molecule has 0 saturated carbocycles. The second kappa shape index (κ2) is 6.81. The van der Waals surface area contributed by atoms with Crippen LogP contribution in [0.4, 0.5) is 0 Å². The summed E-state index contributed by atoms with van der Waals surface area (Å²) in [5.74, 6) is 1.71. The summed E-state index contributed by atoms with van der Waals surface area (Å²) in [6.07, 6.45) is 3.93. The van der Waals surface area contributed by atoms with Crippen LogP contribution in [0.3, 0.4) is 0 Å². The number of aromatic nitrogens is 4. The van der Waals surface area contributed by atoms with Gasteiger partial charge in [0.2, 0.25) is 4.96 Å². The molecule has 7 heteroatoms. The lowest BCUT2D eigenvalue weighted by atomic mass is 10.2. The van der Waals surface area contributed by atoms with Gasteiger partial charge in [0.1, 0.15) is 5.01 Å². The van der Waals surface area contributed by atoms with Gasteiger partial charge in [-0.15, -0.1) is 10.2 Å². The van der Waals surface area contributed by atoms with Crippen molar-refractivity contribution in [2.75, 3.05) is 0 Å². The third-order valence-corrected chi connectivity index (χ3v) is 5.23. The zero-order chi connectivity index (χ0) is 15.5. The van der Waals surface area contributed by atoms with Gasteiger partial charge < -0.3 is 0 Å². The molecular weight excluding hydrogens is 336 g/mol. The van der Waals surface area contributed by atoms with Crippen LogP contribution < -0.4 is 0 Å². The highest BCUT2D eigenvalue weighted by Crippen LogP contribution is 2.22. The van der Waals surface area contributed by atoms with E-state index < -0.39 is 0 Å². The fourth-order valence-corrected chi connectivity index (χ4v) is 3.46. The quantitative estimate of drug-likeness (QED) is 0.671. The van der Waals surface area contributed by atoms with Gasteiger partial charge >= 0.3 is 0 Å². The summed E-state index contributed by atoms with van der Waals surface area (Å²) in [4.78, 5) is 0.818. The van der Waals surface area contributed by atoms with Gasteiger partial charge in [0, 0.05) is 5.02 Å². The largest absolute Gasteiger partial charge is 0.234 e. The van der Waals surface area contributed by atoms with E-state index in [2.05, 4.69) is 29.1 Å². The SMILES string of the molecule is CC(C)SCc1nnc2sc(C=Cc3ccccc3Cl)nn12. The van der Waals surface area contributed by atoms with E-state index in [0.717, 1.165) is 32.1 Å². The van der Waals surface area contributed by atoms with Gasteiger partial charge in [0.25, 0.3) is 0 Å². The second-order valence-corrected chi connectivity index (χ2v) is 7.93. The van der Waals surface area contributed by atoms with E-state index in [-0.39, 0.29) is 0 Å². The summed E-state index contributed by atoms with van der Waals surface area (Å²) < 4.78 is 1.83. The smallest absolute Gasteiger partial charge is 0.186 e. The van der Waals surface area contributed by atoms with Crippen molar-refractivity contribution in [1.29, 1.82) is 0 Å². The molecule has 0 radical (unpaired) electrons. The highest BCUT2D eigenvalue weighted by molar-refractivity contribution is 7.99. The molecule has 2 heterocycles. The monoisotopic (exact) mass is 350 g/mol. The first-order valence-corrected chi connectivity index (χ1v) is 9.13. The van der Waals surface area contributed by atoms with Crippen molar-refractivity contribution in [3.05, 3.63) is 45.7 Å². The van der Waals surface area contributed by atoms with Gasteiger partial charge in [0.05, 0.1) is 5.75 Å². The second-order valence-electron chi connectivity index (χ2n) is 4.97. The predicted molar refractivity (Wildman–Crippen MR) is 95.5 cm³/mol. The summed E-state index contributed by atoms with van der Waals surface area (Å²) in [5.41, 5.74) is 0.978. The van der Waals surface area contributed by atoms with Crippen molar-refractivity contribution in [2.45, 2.75) is 24.9 Å². The molecule has 0 amide bonds. The number of hydrogen-bond acceptors (Lipinski definition) is 5. The average Bonchev–Trinajstić information content (AvgIpc) is 3.04. The molecule has 2 aromatic heterocycles. The van der Waals surface area contributed by atoms with Crippen LogP contribution in [0.5, 0.6) is 0 Å².